The van der Waals surface area contributed by atoms with Crippen LogP contribution in [0.25, 0.3) is 11.3 Å². The molecule has 1 aromatic carbocycles. The molecule has 2 heterocycles. The quantitative estimate of drug-likeness (QED) is 0.939. The minimum Gasteiger partial charge on any atom is -0.390 e. The Bertz CT molecular complexity index is 730. The van der Waals surface area contributed by atoms with E-state index >= 15 is 0 Å². The third-order valence-corrected chi connectivity index (χ3v) is 4.79. The number of nitrogens with zero attached hydrogens (tertiary/aromatic N) is 2. The van der Waals surface area contributed by atoms with Gasteiger partial charge in [0.2, 0.25) is 0 Å². The number of aryl methyl sites for hydroxylation is 1. The average Bonchev–Trinajstić information content (AvgIpc) is 3.03. The lowest BCUT2D eigenvalue weighted by atomic mass is 9.84. The SMILES string of the molecule is Cc1cccc(-c2oncc2C(=O)N2CCCC(C(C)(C)O)C2)c1. The lowest BCUT2D eigenvalue weighted by Crippen LogP contribution is -2.46. The Morgan fingerprint density at radius 1 is 1.42 bits per heavy atom. The van der Waals surface area contributed by atoms with Crippen molar-refractivity contribution in [1.29, 1.82) is 0 Å². The number of carbonyl (C=O) groups excluding carboxylic acids is 1. The van der Waals surface area contributed by atoms with Crippen molar-refractivity contribution in [1.82, 2.24) is 10.1 Å². The van der Waals surface area contributed by atoms with E-state index in [0.29, 0.717) is 24.4 Å². The first-order chi connectivity index (χ1) is 11.4. The van der Waals surface area contributed by atoms with Crippen LogP contribution in [0, 0.1) is 12.8 Å². The number of likely N-dealkylation sites (tertiary alicyclic amines) is 1. The van der Waals surface area contributed by atoms with Gasteiger partial charge in [-0.2, -0.15) is 0 Å². The summed E-state index contributed by atoms with van der Waals surface area (Å²) in [6.07, 6.45) is 3.32. The van der Waals surface area contributed by atoms with E-state index in [1.807, 2.05) is 45.0 Å². The Morgan fingerprint density at radius 3 is 2.92 bits per heavy atom. The van der Waals surface area contributed by atoms with E-state index in [-0.39, 0.29) is 11.8 Å². The summed E-state index contributed by atoms with van der Waals surface area (Å²) >= 11 is 0. The molecule has 2 aromatic rings. The Hall–Kier alpha value is -2.14. The van der Waals surface area contributed by atoms with Crippen molar-refractivity contribution in [2.75, 3.05) is 13.1 Å². The van der Waals surface area contributed by atoms with Crippen LogP contribution in [-0.2, 0) is 0 Å². The summed E-state index contributed by atoms with van der Waals surface area (Å²) in [7, 11) is 0. The smallest absolute Gasteiger partial charge is 0.259 e. The van der Waals surface area contributed by atoms with Crippen molar-refractivity contribution in [3.05, 3.63) is 41.6 Å². The number of benzene rings is 1. The molecule has 5 heteroatoms. The molecule has 0 spiro atoms. The van der Waals surface area contributed by atoms with Crippen LogP contribution in [0.4, 0.5) is 0 Å². The Kier molecular flexibility index (Phi) is 4.45. The summed E-state index contributed by atoms with van der Waals surface area (Å²) in [5, 5.41) is 14.1. The standard InChI is InChI=1S/C19H24N2O3/c1-13-6-4-7-14(10-13)17-16(11-20-24-17)18(22)21-9-5-8-15(12-21)19(2,3)23/h4,6-7,10-11,15,23H,5,8-9,12H2,1-3H3. The molecule has 1 aliphatic rings. The number of hydrogen-bond acceptors (Lipinski definition) is 4. The van der Waals surface area contributed by atoms with Gasteiger partial charge in [0.15, 0.2) is 5.76 Å². The topological polar surface area (TPSA) is 66.6 Å². The highest BCUT2D eigenvalue weighted by Gasteiger charge is 2.34. The van der Waals surface area contributed by atoms with Crippen LogP contribution < -0.4 is 0 Å². The second-order valence-corrected chi connectivity index (χ2v) is 7.18. The molecule has 24 heavy (non-hydrogen) atoms. The largest absolute Gasteiger partial charge is 0.390 e. The molecule has 5 nitrogen and oxygen atoms in total. The van der Waals surface area contributed by atoms with E-state index in [1.54, 1.807) is 4.90 Å². The van der Waals surface area contributed by atoms with Gasteiger partial charge in [-0.05, 0) is 39.7 Å². The van der Waals surface area contributed by atoms with E-state index < -0.39 is 5.60 Å². The van der Waals surface area contributed by atoms with Gasteiger partial charge in [0.1, 0.15) is 5.56 Å². The second-order valence-electron chi connectivity index (χ2n) is 7.18. The zero-order valence-corrected chi connectivity index (χ0v) is 14.5. The fourth-order valence-electron chi connectivity index (χ4n) is 3.29. The molecule has 3 rings (SSSR count). The number of carbonyl (C=O) groups is 1. The monoisotopic (exact) mass is 328 g/mol. The van der Waals surface area contributed by atoms with Gasteiger partial charge in [-0.3, -0.25) is 4.79 Å². The molecule has 1 aliphatic heterocycles. The molecule has 1 amide bonds. The van der Waals surface area contributed by atoms with Crippen LogP contribution in [0.5, 0.6) is 0 Å². The fraction of sp³-hybridized carbons (Fsp3) is 0.474. The predicted octanol–water partition coefficient (Wildman–Crippen LogP) is 3.27. The van der Waals surface area contributed by atoms with Gasteiger partial charge in [0.05, 0.1) is 11.8 Å². The number of aromatic nitrogens is 1. The van der Waals surface area contributed by atoms with Crippen molar-refractivity contribution >= 4 is 5.91 Å². The number of amides is 1. The van der Waals surface area contributed by atoms with E-state index in [4.69, 9.17) is 4.52 Å². The lowest BCUT2D eigenvalue weighted by Gasteiger charge is -2.38. The van der Waals surface area contributed by atoms with Gasteiger partial charge >= 0.3 is 0 Å². The summed E-state index contributed by atoms with van der Waals surface area (Å²) < 4.78 is 5.36. The third-order valence-electron chi connectivity index (χ3n) is 4.79. The first-order valence-corrected chi connectivity index (χ1v) is 8.39. The minimum atomic E-state index is -0.785. The van der Waals surface area contributed by atoms with Gasteiger partial charge in [0, 0.05) is 24.6 Å². The molecule has 0 bridgehead atoms. The first-order valence-electron chi connectivity index (χ1n) is 8.39. The van der Waals surface area contributed by atoms with Crippen LogP contribution >= 0.6 is 0 Å². The maximum Gasteiger partial charge on any atom is 0.259 e. The molecule has 128 valence electrons. The molecule has 1 atom stereocenters. The van der Waals surface area contributed by atoms with Gasteiger partial charge in [0.25, 0.3) is 5.91 Å². The van der Waals surface area contributed by atoms with E-state index in [0.717, 1.165) is 24.0 Å². The van der Waals surface area contributed by atoms with Gasteiger partial charge in [-0.1, -0.05) is 28.9 Å². The molecule has 1 aromatic heterocycles. The Balaban J connectivity index is 1.85. The van der Waals surface area contributed by atoms with Crippen molar-refractivity contribution in [2.24, 2.45) is 5.92 Å². The van der Waals surface area contributed by atoms with Crippen LogP contribution in [0.2, 0.25) is 0 Å². The molecular formula is C19H24N2O3. The average molecular weight is 328 g/mol. The second kappa shape index (κ2) is 6.40. The summed E-state index contributed by atoms with van der Waals surface area (Å²) in [6, 6.07) is 7.83. The Morgan fingerprint density at radius 2 is 2.21 bits per heavy atom. The highest BCUT2D eigenvalue weighted by atomic mass is 16.5. The molecule has 0 saturated carbocycles. The summed E-state index contributed by atoms with van der Waals surface area (Å²) in [5.74, 6) is 0.508. The fourth-order valence-corrected chi connectivity index (χ4v) is 3.29. The van der Waals surface area contributed by atoms with Crippen molar-refractivity contribution < 1.29 is 14.4 Å². The summed E-state index contributed by atoms with van der Waals surface area (Å²) in [6.45, 7) is 6.87. The highest BCUT2D eigenvalue weighted by molar-refractivity contribution is 5.99. The third kappa shape index (κ3) is 3.36. The zero-order valence-electron chi connectivity index (χ0n) is 14.5. The molecule has 1 saturated heterocycles. The normalized spacial score (nSPS) is 18.7. The first kappa shape index (κ1) is 16.7. The van der Waals surface area contributed by atoms with Crippen molar-refractivity contribution in [3.63, 3.8) is 0 Å². The Labute approximate surface area is 142 Å². The van der Waals surface area contributed by atoms with Crippen LogP contribution in [-0.4, -0.2) is 39.8 Å². The maximum absolute atomic E-state index is 13.0. The lowest BCUT2D eigenvalue weighted by molar-refractivity contribution is -0.0146. The number of aliphatic hydroxyl groups is 1. The number of rotatable bonds is 3. The molecular weight excluding hydrogens is 304 g/mol. The van der Waals surface area contributed by atoms with Crippen LogP contribution in [0.3, 0.4) is 0 Å². The van der Waals surface area contributed by atoms with Gasteiger partial charge in [-0.25, -0.2) is 0 Å². The number of hydrogen-bond donors (Lipinski definition) is 1. The molecule has 1 fully saturated rings. The zero-order chi connectivity index (χ0) is 17.3. The highest BCUT2D eigenvalue weighted by Crippen LogP contribution is 2.30. The van der Waals surface area contributed by atoms with E-state index in [9.17, 15) is 9.90 Å². The van der Waals surface area contributed by atoms with E-state index in [2.05, 4.69) is 5.16 Å². The number of piperidine rings is 1. The molecule has 0 radical (unpaired) electrons. The predicted molar refractivity (Wildman–Crippen MR) is 91.6 cm³/mol. The summed E-state index contributed by atoms with van der Waals surface area (Å²) in [4.78, 5) is 14.8. The van der Waals surface area contributed by atoms with Crippen LogP contribution in [0.15, 0.2) is 35.0 Å². The van der Waals surface area contributed by atoms with Crippen LogP contribution in [0.1, 0.15) is 42.6 Å². The van der Waals surface area contributed by atoms with Gasteiger partial charge in [-0.15, -0.1) is 0 Å². The molecule has 0 aliphatic carbocycles. The minimum absolute atomic E-state index is 0.0810. The van der Waals surface area contributed by atoms with Gasteiger partial charge < -0.3 is 14.5 Å². The molecule has 1 N–H and O–H groups in total. The maximum atomic E-state index is 13.0. The van der Waals surface area contributed by atoms with E-state index in [1.165, 1.54) is 6.20 Å². The molecule has 1 unspecified atom stereocenters. The summed E-state index contributed by atoms with van der Waals surface area (Å²) in [5.41, 5.74) is 1.65. The van der Waals surface area contributed by atoms with Crippen molar-refractivity contribution in [2.45, 2.75) is 39.2 Å². The van der Waals surface area contributed by atoms with Crippen molar-refractivity contribution in [3.8, 4) is 11.3 Å².